The number of aliphatic imine (C=N–C) groups is 1. The maximum absolute atomic E-state index is 4.65. The second-order valence-electron chi connectivity index (χ2n) is 8.48. The van der Waals surface area contributed by atoms with Crippen molar-refractivity contribution in [2.75, 3.05) is 6.54 Å². The highest BCUT2D eigenvalue weighted by Crippen LogP contribution is 2.15. The SMILES string of the molecule is CCCCCCCCCCCCCCCCCC1=NCC(C(C)C)N1.Cl. The van der Waals surface area contributed by atoms with Gasteiger partial charge in [-0.25, -0.2) is 0 Å². The molecule has 0 fully saturated rings. The molecule has 26 heavy (non-hydrogen) atoms. The minimum Gasteiger partial charge on any atom is -0.369 e. The zero-order chi connectivity index (χ0) is 18.2. The molecule has 0 aromatic carbocycles. The van der Waals surface area contributed by atoms with Crippen LogP contribution in [0.25, 0.3) is 0 Å². The number of rotatable bonds is 17. The molecule has 1 rings (SSSR count). The van der Waals surface area contributed by atoms with E-state index in [0.717, 1.165) is 6.54 Å². The van der Waals surface area contributed by atoms with Gasteiger partial charge in [-0.05, 0) is 12.3 Å². The van der Waals surface area contributed by atoms with Crippen LogP contribution >= 0.6 is 12.4 Å². The van der Waals surface area contributed by atoms with Gasteiger partial charge < -0.3 is 5.32 Å². The Morgan fingerprint density at radius 2 is 1.19 bits per heavy atom. The van der Waals surface area contributed by atoms with E-state index < -0.39 is 0 Å². The third-order valence-corrected chi connectivity index (χ3v) is 5.65. The van der Waals surface area contributed by atoms with Crippen molar-refractivity contribution in [3.63, 3.8) is 0 Å². The lowest BCUT2D eigenvalue weighted by molar-refractivity contribution is 0.481. The number of hydrogen-bond donors (Lipinski definition) is 1. The molecule has 0 aromatic rings. The lowest BCUT2D eigenvalue weighted by Crippen LogP contribution is -2.34. The summed E-state index contributed by atoms with van der Waals surface area (Å²) in [6.07, 6.45) is 22.7. The quantitative estimate of drug-likeness (QED) is 0.254. The molecule has 0 saturated carbocycles. The average Bonchev–Trinajstić information content (AvgIpc) is 3.07. The Morgan fingerprint density at radius 3 is 1.58 bits per heavy atom. The molecule has 0 aliphatic carbocycles. The van der Waals surface area contributed by atoms with Gasteiger partial charge >= 0.3 is 0 Å². The van der Waals surface area contributed by atoms with Gasteiger partial charge in [-0.15, -0.1) is 12.4 Å². The van der Waals surface area contributed by atoms with Crippen LogP contribution in [0.15, 0.2) is 4.99 Å². The number of halogens is 1. The molecule has 0 saturated heterocycles. The van der Waals surface area contributed by atoms with Crippen molar-refractivity contribution in [3.8, 4) is 0 Å². The lowest BCUT2D eigenvalue weighted by Gasteiger charge is -2.15. The number of nitrogens with zero attached hydrogens (tertiary/aromatic N) is 1. The van der Waals surface area contributed by atoms with E-state index in [1.165, 1.54) is 109 Å². The zero-order valence-electron chi connectivity index (χ0n) is 18.0. The average molecular weight is 387 g/mol. The highest BCUT2D eigenvalue weighted by atomic mass is 35.5. The standard InChI is InChI=1S/C23H46N2.ClH/c1-4-5-6-7-8-9-10-11-12-13-14-15-16-17-18-19-23-24-20-22(25-23)21(2)3;/h21-22H,4-20H2,1-3H3,(H,24,25);1H. The van der Waals surface area contributed by atoms with E-state index in [2.05, 4.69) is 31.1 Å². The summed E-state index contributed by atoms with van der Waals surface area (Å²) in [5, 5.41) is 3.59. The molecule has 0 aromatic heterocycles. The van der Waals surface area contributed by atoms with E-state index in [-0.39, 0.29) is 12.4 Å². The monoisotopic (exact) mass is 386 g/mol. The molecule has 1 atom stereocenters. The smallest absolute Gasteiger partial charge is 0.0966 e. The van der Waals surface area contributed by atoms with Crippen LogP contribution < -0.4 is 5.32 Å². The second kappa shape index (κ2) is 18.1. The topological polar surface area (TPSA) is 24.4 Å². The summed E-state index contributed by atoms with van der Waals surface area (Å²) in [6, 6.07) is 0.589. The van der Waals surface area contributed by atoms with Gasteiger partial charge in [-0.1, -0.05) is 111 Å². The van der Waals surface area contributed by atoms with Crippen LogP contribution in [-0.2, 0) is 0 Å². The fraction of sp³-hybridized carbons (Fsp3) is 0.957. The van der Waals surface area contributed by atoms with Crippen LogP contribution in [0.5, 0.6) is 0 Å². The van der Waals surface area contributed by atoms with Gasteiger partial charge in [0.05, 0.1) is 12.4 Å². The summed E-state index contributed by atoms with van der Waals surface area (Å²) < 4.78 is 0. The molecule has 1 unspecified atom stereocenters. The van der Waals surface area contributed by atoms with Crippen molar-refractivity contribution in [3.05, 3.63) is 0 Å². The summed E-state index contributed by atoms with van der Waals surface area (Å²) in [5.41, 5.74) is 0. The van der Waals surface area contributed by atoms with E-state index in [4.69, 9.17) is 0 Å². The normalized spacial score (nSPS) is 16.5. The van der Waals surface area contributed by atoms with Crippen LogP contribution in [-0.4, -0.2) is 18.4 Å². The van der Waals surface area contributed by atoms with Crippen molar-refractivity contribution in [2.24, 2.45) is 10.9 Å². The van der Waals surface area contributed by atoms with E-state index in [1.807, 2.05) is 0 Å². The first kappa shape index (κ1) is 25.8. The largest absolute Gasteiger partial charge is 0.369 e. The van der Waals surface area contributed by atoms with Gasteiger partial charge in [0.2, 0.25) is 0 Å². The maximum atomic E-state index is 4.65. The molecule has 0 spiro atoms. The highest BCUT2D eigenvalue weighted by Gasteiger charge is 2.19. The number of nitrogens with one attached hydrogen (secondary N) is 1. The van der Waals surface area contributed by atoms with Crippen LogP contribution in [0.1, 0.15) is 124 Å². The number of amidine groups is 1. The first-order valence-corrected chi connectivity index (χ1v) is 11.5. The molecule has 1 heterocycles. The first-order valence-electron chi connectivity index (χ1n) is 11.5. The van der Waals surface area contributed by atoms with Crippen molar-refractivity contribution < 1.29 is 0 Å². The highest BCUT2D eigenvalue weighted by molar-refractivity contribution is 5.85. The third-order valence-electron chi connectivity index (χ3n) is 5.65. The molecule has 1 aliphatic heterocycles. The predicted octanol–water partition coefficient (Wildman–Crippen LogP) is 7.70. The van der Waals surface area contributed by atoms with Crippen LogP contribution in [0.2, 0.25) is 0 Å². The maximum Gasteiger partial charge on any atom is 0.0966 e. The summed E-state index contributed by atoms with van der Waals surface area (Å²) >= 11 is 0. The number of hydrogen-bond acceptors (Lipinski definition) is 2. The van der Waals surface area contributed by atoms with Crippen molar-refractivity contribution >= 4 is 18.2 Å². The Bertz CT molecular complexity index is 328. The van der Waals surface area contributed by atoms with Gasteiger partial charge in [0.1, 0.15) is 0 Å². The third kappa shape index (κ3) is 13.9. The van der Waals surface area contributed by atoms with Crippen molar-refractivity contribution in [1.82, 2.24) is 5.32 Å². The minimum absolute atomic E-state index is 0. The van der Waals surface area contributed by atoms with Gasteiger partial charge in [0, 0.05) is 12.5 Å². The second-order valence-corrected chi connectivity index (χ2v) is 8.48. The molecule has 0 radical (unpaired) electrons. The fourth-order valence-corrected chi connectivity index (χ4v) is 3.71. The van der Waals surface area contributed by atoms with Crippen LogP contribution in [0.3, 0.4) is 0 Å². The van der Waals surface area contributed by atoms with Gasteiger partial charge in [0.25, 0.3) is 0 Å². The molecular weight excluding hydrogens is 340 g/mol. The Morgan fingerprint density at radius 1 is 0.769 bits per heavy atom. The summed E-state index contributed by atoms with van der Waals surface area (Å²) in [7, 11) is 0. The van der Waals surface area contributed by atoms with Gasteiger partial charge in [-0.3, -0.25) is 4.99 Å². The lowest BCUT2D eigenvalue weighted by atomic mass is 10.0. The summed E-state index contributed by atoms with van der Waals surface area (Å²) in [6.45, 7) is 7.85. The zero-order valence-corrected chi connectivity index (χ0v) is 18.8. The van der Waals surface area contributed by atoms with Crippen molar-refractivity contribution in [1.29, 1.82) is 0 Å². The van der Waals surface area contributed by atoms with Gasteiger partial charge in [-0.2, -0.15) is 0 Å². The number of unbranched alkanes of at least 4 members (excludes halogenated alkanes) is 14. The molecule has 2 nitrogen and oxygen atoms in total. The Hall–Kier alpha value is -0.240. The molecule has 1 N–H and O–H groups in total. The molecule has 1 aliphatic rings. The van der Waals surface area contributed by atoms with E-state index in [1.54, 1.807) is 0 Å². The summed E-state index contributed by atoms with van der Waals surface area (Å²) in [5.74, 6) is 1.97. The van der Waals surface area contributed by atoms with Crippen LogP contribution in [0, 0.1) is 5.92 Å². The Labute approximate surface area is 170 Å². The van der Waals surface area contributed by atoms with Crippen LogP contribution in [0.4, 0.5) is 0 Å². The molecule has 0 amide bonds. The molecular formula is C23H47ClN2. The Kier molecular flexibility index (Phi) is 18.0. The summed E-state index contributed by atoms with van der Waals surface area (Å²) in [4.78, 5) is 4.65. The fourth-order valence-electron chi connectivity index (χ4n) is 3.71. The molecule has 3 heteroatoms. The minimum atomic E-state index is 0. The van der Waals surface area contributed by atoms with Crippen molar-refractivity contribution in [2.45, 2.75) is 130 Å². The Balaban J connectivity index is 0.00000625. The predicted molar refractivity (Wildman–Crippen MR) is 121 cm³/mol. The first-order chi connectivity index (χ1) is 12.2. The van der Waals surface area contributed by atoms with E-state index >= 15 is 0 Å². The molecule has 156 valence electrons. The van der Waals surface area contributed by atoms with E-state index in [9.17, 15) is 0 Å². The molecule has 0 bridgehead atoms. The van der Waals surface area contributed by atoms with E-state index in [0.29, 0.717) is 12.0 Å². The van der Waals surface area contributed by atoms with Gasteiger partial charge in [0.15, 0.2) is 0 Å².